The number of fused-ring (bicyclic) bond motifs is 1. The highest BCUT2D eigenvalue weighted by atomic mass is 19.4. The highest BCUT2D eigenvalue weighted by Crippen LogP contribution is 2.26. The highest BCUT2D eigenvalue weighted by molar-refractivity contribution is 5.98. The van der Waals surface area contributed by atoms with E-state index in [0.29, 0.717) is 23.1 Å². The summed E-state index contributed by atoms with van der Waals surface area (Å²) in [5, 5.41) is 3.50. The molecule has 142 valence electrons. The number of hydrogen-bond acceptors (Lipinski definition) is 3. The van der Waals surface area contributed by atoms with Crippen molar-refractivity contribution in [1.29, 1.82) is 0 Å². The van der Waals surface area contributed by atoms with Crippen molar-refractivity contribution in [3.63, 3.8) is 0 Å². The van der Waals surface area contributed by atoms with Crippen molar-refractivity contribution < 1.29 is 22.7 Å². The fraction of sp³-hybridized carbons (Fsp3) is 0.500. The average molecular weight is 369 g/mol. The Kier molecular flexibility index (Phi) is 5.70. The first-order valence-corrected chi connectivity index (χ1v) is 8.80. The first-order chi connectivity index (χ1) is 12.4. The van der Waals surface area contributed by atoms with E-state index in [-0.39, 0.29) is 11.7 Å². The molecule has 0 radical (unpaired) electrons. The standard InChI is InChI=1S/C18H22F3N3O2/c19-18(20,21)26-14-6-5-13-11-16(23-15(13)12-14)17(25)22-7-4-10-24-8-2-1-3-9-24/h5-6,11-12,23H,1-4,7-10H2,(H,22,25). The number of alkyl halides is 3. The molecule has 1 aromatic heterocycles. The third kappa shape index (κ3) is 5.14. The Bertz CT molecular complexity index is 752. The maximum absolute atomic E-state index is 12.3. The number of ether oxygens (including phenoxy) is 1. The van der Waals surface area contributed by atoms with Gasteiger partial charge in [0.25, 0.3) is 5.91 Å². The predicted molar refractivity (Wildman–Crippen MR) is 92.2 cm³/mol. The van der Waals surface area contributed by atoms with Crippen molar-refractivity contribution in [2.24, 2.45) is 0 Å². The monoisotopic (exact) mass is 369 g/mol. The molecule has 8 heteroatoms. The second-order valence-corrected chi connectivity index (χ2v) is 6.49. The Hall–Kier alpha value is -2.22. The smallest absolute Gasteiger partial charge is 0.406 e. The van der Waals surface area contributed by atoms with Crippen LogP contribution in [-0.4, -0.2) is 48.3 Å². The molecule has 0 bridgehead atoms. The van der Waals surface area contributed by atoms with Crippen LogP contribution in [0.5, 0.6) is 5.75 Å². The van der Waals surface area contributed by atoms with Crippen molar-refractivity contribution >= 4 is 16.8 Å². The van der Waals surface area contributed by atoms with Gasteiger partial charge in [0.15, 0.2) is 0 Å². The number of piperidine rings is 1. The Morgan fingerprint density at radius 2 is 1.96 bits per heavy atom. The number of aromatic nitrogens is 1. The maximum Gasteiger partial charge on any atom is 0.573 e. The summed E-state index contributed by atoms with van der Waals surface area (Å²) in [6.45, 7) is 3.77. The average Bonchev–Trinajstić information content (AvgIpc) is 3.01. The molecule has 0 saturated carbocycles. The van der Waals surface area contributed by atoms with Gasteiger partial charge in [-0.25, -0.2) is 0 Å². The van der Waals surface area contributed by atoms with Gasteiger partial charge in [-0.1, -0.05) is 6.42 Å². The molecule has 1 aliphatic heterocycles. The summed E-state index contributed by atoms with van der Waals surface area (Å²) in [6, 6.07) is 5.56. The Morgan fingerprint density at radius 3 is 2.69 bits per heavy atom. The molecular formula is C18H22F3N3O2. The minimum absolute atomic E-state index is 0.266. The third-order valence-electron chi connectivity index (χ3n) is 4.46. The van der Waals surface area contributed by atoms with E-state index >= 15 is 0 Å². The van der Waals surface area contributed by atoms with Gasteiger partial charge in [-0.3, -0.25) is 4.79 Å². The molecule has 1 aromatic carbocycles. The van der Waals surface area contributed by atoms with E-state index in [4.69, 9.17) is 0 Å². The number of carbonyl (C=O) groups excluding carboxylic acids is 1. The maximum atomic E-state index is 12.3. The second-order valence-electron chi connectivity index (χ2n) is 6.49. The molecule has 1 saturated heterocycles. The number of hydrogen-bond donors (Lipinski definition) is 2. The fourth-order valence-electron chi connectivity index (χ4n) is 3.21. The number of likely N-dealkylation sites (tertiary alicyclic amines) is 1. The Balaban J connectivity index is 1.52. The number of H-pyrrole nitrogens is 1. The number of benzene rings is 1. The fourth-order valence-corrected chi connectivity index (χ4v) is 3.21. The van der Waals surface area contributed by atoms with Crippen LogP contribution in [0.2, 0.25) is 0 Å². The molecule has 0 atom stereocenters. The first-order valence-electron chi connectivity index (χ1n) is 8.80. The molecule has 0 aliphatic carbocycles. The van der Waals surface area contributed by atoms with E-state index < -0.39 is 6.36 Å². The van der Waals surface area contributed by atoms with Crippen molar-refractivity contribution in [2.45, 2.75) is 32.0 Å². The molecular weight excluding hydrogens is 347 g/mol. The molecule has 1 aliphatic rings. The lowest BCUT2D eigenvalue weighted by atomic mass is 10.1. The largest absolute Gasteiger partial charge is 0.573 e. The lowest BCUT2D eigenvalue weighted by Gasteiger charge is -2.26. The van der Waals surface area contributed by atoms with E-state index in [1.54, 1.807) is 6.07 Å². The molecule has 0 unspecified atom stereocenters. The van der Waals surface area contributed by atoms with Gasteiger partial charge in [0.2, 0.25) is 0 Å². The van der Waals surface area contributed by atoms with E-state index in [9.17, 15) is 18.0 Å². The summed E-state index contributed by atoms with van der Waals surface area (Å²) in [7, 11) is 0. The summed E-state index contributed by atoms with van der Waals surface area (Å²) in [5.41, 5.74) is 0.743. The lowest BCUT2D eigenvalue weighted by Crippen LogP contribution is -2.33. The summed E-state index contributed by atoms with van der Waals surface area (Å²) >= 11 is 0. The number of amides is 1. The number of halogens is 3. The van der Waals surface area contributed by atoms with E-state index in [0.717, 1.165) is 26.1 Å². The Morgan fingerprint density at radius 1 is 1.19 bits per heavy atom. The molecule has 3 rings (SSSR count). The number of carbonyl (C=O) groups is 1. The van der Waals surface area contributed by atoms with Gasteiger partial charge < -0.3 is 19.9 Å². The van der Waals surface area contributed by atoms with Gasteiger partial charge in [0, 0.05) is 23.5 Å². The lowest BCUT2D eigenvalue weighted by molar-refractivity contribution is -0.274. The molecule has 2 aromatic rings. The van der Waals surface area contributed by atoms with Crippen LogP contribution in [-0.2, 0) is 0 Å². The summed E-state index contributed by atoms with van der Waals surface area (Å²) < 4.78 is 40.7. The van der Waals surface area contributed by atoms with Crippen LogP contribution in [0.15, 0.2) is 24.3 Å². The van der Waals surface area contributed by atoms with Crippen LogP contribution in [0, 0.1) is 0 Å². The molecule has 2 N–H and O–H groups in total. The van der Waals surface area contributed by atoms with Crippen LogP contribution in [0.1, 0.15) is 36.2 Å². The summed E-state index contributed by atoms with van der Waals surface area (Å²) in [4.78, 5) is 17.5. The zero-order valence-electron chi connectivity index (χ0n) is 14.4. The van der Waals surface area contributed by atoms with Gasteiger partial charge in [-0.2, -0.15) is 0 Å². The normalized spacial score (nSPS) is 16.0. The van der Waals surface area contributed by atoms with E-state index in [1.165, 1.54) is 37.5 Å². The molecule has 26 heavy (non-hydrogen) atoms. The summed E-state index contributed by atoms with van der Waals surface area (Å²) in [5.74, 6) is -0.585. The van der Waals surface area contributed by atoms with Crippen LogP contribution in [0.25, 0.3) is 10.9 Å². The van der Waals surface area contributed by atoms with E-state index in [2.05, 4.69) is 19.9 Å². The summed E-state index contributed by atoms with van der Waals surface area (Å²) in [6.07, 6.45) is -0.101. The second kappa shape index (κ2) is 7.99. The molecule has 1 fully saturated rings. The predicted octanol–water partition coefficient (Wildman–Crippen LogP) is 3.67. The minimum Gasteiger partial charge on any atom is -0.406 e. The highest BCUT2D eigenvalue weighted by Gasteiger charge is 2.31. The van der Waals surface area contributed by atoms with Crippen molar-refractivity contribution in [2.75, 3.05) is 26.2 Å². The molecule has 5 nitrogen and oxygen atoms in total. The molecule has 1 amide bonds. The number of aromatic amines is 1. The Labute approximate surface area is 149 Å². The van der Waals surface area contributed by atoms with Gasteiger partial charge in [0.1, 0.15) is 11.4 Å². The van der Waals surface area contributed by atoms with Crippen molar-refractivity contribution in [1.82, 2.24) is 15.2 Å². The van der Waals surface area contributed by atoms with Crippen LogP contribution < -0.4 is 10.1 Å². The molecule has 0 spiro atoms. The number of rotatable bonds is 6. The topological polar surface area (TPSA) is 57.4 Å². The SMILES string of the molecule is O=C(NCCCN1CCCCC1)c1cc2ccc(OC(F)(F)F)cc2[nH]1. The zero-order chi connectivity index (χ0) is 18.6. The zero-order valence-corrected chi connectivity index (χ0v) is 14.4. The van der Waals surface area contributed by atoms with Crippen molar-refractivity contribution in [3.05, 3.63) is 30.0 Å². The van der Waals surface area contributed by atoms with Gasteiger partial charge in [-0.15, -0.1) is 13.2 Å². The van der Waals surface area contributed by atoms with Crippen molar-refractivity contribution in [3.8, 4) is 5.75 Å². The van der Waals surface area contributed by atoms with Gasteiger partial charge in [0.05, 0.1) is 0 Å². The van der Waals surface area contributed by atoms with Crippen LogP contribution >= 0.6 is 0 Å². The van der Waals surface area contributed by atoms with E-state index in [1.807, 2.05) is 0 Å². The van der Waals surface area contributed by atoms with Crippen LogP contribution in [0.4, 0.5) is 13.2 Å². The van der Waals surface area contributed by atoms with Gasteiger partial charge >= 0.3 is 6.36 Å². The quantitative estimate of drug-likeness (QED) is 0.764. The first kappa shape index (κ1) is 18.6. The number of nitrogens with zero attached hydrogens (tertiary/aromatic N) is 1. The number of nitrogens with one attached hydrogen (secondary N) is 2. The minimum atomic E-state index is -4.74. The third-order valence-corrected chi connectivity index (χ3v) is 4.46. The van der Waals surface area contributed by atoms with Gasteiger partial charge in [-0.05, 0) is 57.1 Å². The molecule has 2 heterocycles. The van der Waals surface area contributed by atoms with Crippen LogP contribution in [0.3, 0.4) is 0 Å².